The Balaban J connectivity index is 1.66. The van der Waals surface area contributed by atoms with Crippen LogP contribution in [0.2, 0.25) is 0 Å². The number of rotatable bonds is 11. The van der Waals surface area contributed by atoms with E-state index in [-0.39, 0.29) is 30.8 Å². The molecule has 0 bridgehead atoms. The number of hydrogen-bond donors (Lipinski definition) is 2. The average Bonchev–Trinajstić information content (AvgIpc) is 3.41. The number of unbranched alkanes of at least 4 members (excludes halogenated alkanes) is 3. The zero-order valence-corrected chi connectivity index (χ0v) is 20.4. The van der Waals surface area contributed by atoms with Crippen molar-refractivity contribution in [1.29, 1.82) is 0 Å². The SMILES string of the molecule is CCCCCSc1nc(NCCCC)c2nnn([C@@H]3C[C@H](CO)[C@H]4OC(C)(C)O[C@H]43)c2n1. The molecule has 2 N–H and O–H groups in total. The number of aliphatic hydroxyl groups excluding tert-OH is 1. The Labute approximate surface area is 194 Å². The van der Waals surface area contributed by atoms with Gasteiger partial charge in [0.2, 0.25) is 0 Å². The lowest BCUT2D eigenvalue weighted by Gasteiger charge is -2.23. The summed E-state index contributed by atoms with van der Waals surface area (Å²) in [5, 5.41) is 23.1. The van der Waals surface area contributed by atoms with Gasteiger partial charge in [-0.1, -0.05) is 50.1 Å². The zero-order valence-electron chi connectivity index (χ0n) is 19.6. The lowest BCUT2D eigenvalue weighted by atomic mass is 10.1. The minimum atomic E-state index is -0.681. The molecule has 2 fully saturated rings. The van der Waals surface area contributed by atoms with Crippen LogP contribution in [0, 0.1) is 5.92 Å². The summed E-state index contributed by atoms with van der Waals surface area (Å²) in [5.41, 5.74) is 1.40. The molecule has 2 aromatic heterocycles. The van der Waals surface area contributed by atoms with Gasteiger partial charge in [0.05, 0.1) is 12.1 Å². The van der Waals surface area contributed by atoms with Crippen LogP contribution in [0.3, 0.4) is 0 Å². The number of nitrogens with zero attached hydrogens (tertiary/aromatic N) is 5. The van der Waals surface area contributed by atoms with Gasteiger partial charge in [-0.3, -0.25) is 0 Å². The van der Waals surface area contributed by atoms with E-state index in [4.69, 9.17) is 19.4 Å². The van der Waals surface area contributed by atoms with Gasteiger partial charge in [-0.15, -0.1) is 5.10 Å². The molecule has 10 heteroatoms. The van der Waals surface area contributed by atoms with E-state index in [0.717, 1.165) is 42.5 Å². The summed E-state index contributed by atoms with van der Waals surface area (Å²) in [7, 11) is 0. The van der Waals surface area contributed by atoms with Gasteiger partial charge in [-0.25, -0.2) is 14.6 Å². The second-order valence-corrected chi connectivity index (χ2v) is 10.3. The lowest BCUT2D eigenvalue weighted by molar-refractivity contribution is -0.162. The second kappa shape index (κ2) is 10.2. The van der Waals surface area contributed by atoms with Gasteiger partial charge in [0.1, 0.15) is 6.10 Å². The van der Waals surface area contributed by atoms with E-state index in [1.54, 1.807) is 11.8 Å². The van der Waals surface area contributed by atoms with Gasteiger partial charge in [0.15, 0.2) is 27.9 Å². The third kappa shape index (κ3) is 4.88. The predicted molar refractivity (Wildman–Crippen MR) is 125 cm³/mol. The van der Waals surface area contributed by atoms with Crippen molar-refractivity contribution < 1.29 is 14.6 Å². The number of anilines is 1. The zero-order chi connectivity index (χ0) is 22.7. The van der Waals surface area contributed by atoms with Crippen LogP contribution in [0.25, 0.3) is 11.2 Å². The minimum Gasteiger partial charge on any atom is -0.396 e. The van der Waals surface area contributed by atoms with Crippen LogP contribution in [0.4, 0.5) is 5.82 Å². The molecule has 1 aliphatic heterocycles. The van der Waals surface area contributed by atoms with Gasteiger partial charge >= 0.3 is 0 Å². The lowest BCUT2D eigenvalue weighted by Crippen LogP contribution is -2.28. The van der Waals surface area contributed by atoms with Crippen LogP contribution in [0.1, 0.15) is 72.3 Å². The molecule has 0 amide bonds. The van der Waals surface area contributed by atoms with E-state index in [1.807, 2.05) is 18.5 Å². The fraction of sp³-hybridized carbons (Fsp3) is 0.818. The van der Waals surface area contributed by atoms with Gasteiger partial charge < -0.3 is 19.9 Å². The van der Waals surface area contributed by atoms with Crippen LogP contribution in [-0.4, -0.2) is 67.0 Å². The molecule has 0 radical (unpaired) electrons. The van der Waals surface area contributed by atoms with Crippen molar-refractivity contribution in [3.05, 3.63) is 0 Å². The fourth-order valence-electron chi connectivity index (χ4n) is 4.60. The molecule has 32 heavy (non-hydrogen) atoms. The maximum Gasteiger partial charge on any atom is 0.191 e. The highest BCUT2D eigenvalue weighted by molar-refractivity contribution is 7.99. The largest absolute Gasteiger partial charge is 0.396 e. The molecule has 2 aliphatic rings. The Bertz CT molecular complexity index is 907. The van der Waals surface area contributed by atoms with E-state index in [1.165, 1.54) is 12.8 Å². The quantitative estimate of drug-likeness (QED) is 0.292. The highest BCUT2D eigenvalue weighted by Crippen LogP contribution is 2.47. The van der Waals surface area contributed by atoms with Crippen molar-refractivity contribution in [3.8, 4) is 0 Å². The summed E-state index contributed by atoms with van der Waals surface area (Å²) in [5.74, 6) is 1.05. The Morgan fingerprint density at radius 1 is 1.12 bits per heavy atom. The van der Waals surface area contributed by atoms with E-state index < -0.39 is 5.79 Å². The molecule has 1 aliphatic carbocycles. The smallest absolute Gasteiger partial charge is 0.191 e. The topological polar surface area (TPSA) is 107 Å². The molecule has 1 saturated carbocycles. The Kier molecular flexibility index (Phi) is 7.54. The van der Waals surface area contributed by atoms with Gasteiger partial charge in [0.25, 0.3) is 0 Å². The molecule has 0 aromatic carbocycles. The normalized spacial score (nSPS) is 26.7. The van der Waals surface area contributed by atoms with Crippen molar-refractivity contribution in [2.24, 2.45) is 5.92 Å². The summed E-state index contributed by atoms with van der Waals surface area (Å²) in [4.78, 5) is 9.62. The van der Waals surface area contributed by atoms with Crippen molar-refractivity contribution in [1.82, 2.24) is 25.0 Å². The first-order chi connectivity index (χ1) is 15.5. The molecular formula is C22H36N6O3S. The van der Waals surface area contributed by atoms with E-state index >= 15 is 0 Å². The minimum absolute atomic E-state index is 0.00194. The summed E-state index contributed by atoms with van der Waals surface area (Å²) in [6.07, 6.45) is 6.06. The number of ether oxygens (including phenoxy) is 2. The molecular weight excluding hydrogens is 428 g/mol. The molecule has 4 rings (SSSR count). The van der Waals surface area contributed by atoms with Gasteiger partial charge in [-0.05, 0) is 33.1 Å². The monoisotopic (exact) mass is 464 g/mol. The Hall–Kier alpha value is -1.49. The number of nitrogens with one attached hydrogen (secondary N) is 1. The first-order valence-electron chi connectivity index (χ1n) is 11.9. The molecule has 0 spiro atoms. The predicted octanol–water partition coefficient (Wildman–Crippen LogP) is 3.79. The maximum absolute atomic E-state index is 9.94. The van der Waals surface area contributed by atoms with Crippen LogP contribution in [0.15, 0.2) is 5.16 Å². The van der Waals surface area contributed by atoms with Crippen molar-refractivity contribution in [2.75, 3.05) is 24.2 Å². The molecule has 1 saturated heterocycles. The van der Waals surface area contributed by atoms with Crippen LogP contribution in [0.5, 0.6) is 0 Å². The number of aliphatic hydroxyl groups is 1. The number of hydrogen-bond acceptors (Lipinski definition) is 9. The van der Waals surface area contributed by atoms with Gasteiger partial charge in [-0.2, -0.15) is 0 Å². The Morgan fingerprint density at radius 3 is 2.66 bits per heavy atom. The van der Waals surface area contributed by atoms with Crippen molar-refractivity contribution in [3.63, 3.8) is 0 Å². The first-order valence-corrected chi connectivity index (χ1v) is 12.9. The number of fused-ring (bicyclic) bond motifs is 2. The van der Waals surface area contributed by atoms with Crippen molar-refractivity contribution >= 4 is 28.7 Å². The van der Waals surface area contributed by atoms with E-state index in [2.05, 4.69) is 29.5 Å². The third-order valence-corrected chi connectivity index (χ3v) is 7.14. The molecule has 3 heterocycles. The van der Waals surface area contributed by atoms with Gasteiger partial charge in [0, 0.05) is 24.8 Å². The first kappa shape index (κ1) is 23.7. The highest BCUT2D eigenvalue weighted by atomic mass is 32.2. The standard InChI is InChI=1S/C22H36N6O3S/c1-5-7-9-11-32-21-24-19(23-10-8-6-2)16-20(25-21)28(27-26-16)15-12-14(13-29)17-18(15)31-22(3,4)30-17/h14-15,17-18,29H,5-13H2,1-4H3,(H,23,24,25)/t14-,15-,17-,18+/m1/s1. The van der Waals surface area contributed by atoms with Crippen LogP contribution in [-0.2, 0) is 9.47 Å². The number of aromatic nitrogens is 5. The highest BCUT2D eigenvalue weighted by Gasteiger charge is 2.55. The molecule has 2 aromatic rings. The Morgan fingerprint density at radius 2 is 1.91 bits per heavy atom. The van der Waals surface area contributed by atoms with Crippen molar-refractivity contribution in [2.45, 2.75) is 95.4 Å². The number of thioether (sulfide) groups is 1. The van der Waals surface area contributed by atoms with E-state index in [9.17, 15) is 5.11 Å². The van der Waals surface area contributed by atoms with Crippen LogP contribution >= 0.6 is 11.8 Å². The second-order valence-electron chi connectivity index (χ2n) is 9.21. The summed E-state index contributed by atoms with van der Waals surface area (Å²) in [6.45, 7) is 9.10. The van der Waals surface area contributed by atoms with E-state index in [0.29, 0.717) is 17.6 Å². The summed E-state index contributed by atoms with van der Waals surface area (Å²) in [6, 6.07) is -0.0970. The molecule has 178 valence electrons. The molecule has 9 nitrogen and oxygen atoms in total. The molecule has 4 atom stereocenters. The summed E-state index contributed by atoms with van der Waals surface area (Å²) >= 11 is 1.68. The maximum atomic E-state index is 9.94. The molecule has 0 unspecified atom stereocenters. The summed E-state index contributed by atoms with van der Waals surface area (Å²) < 4.78 is 14.2. The fourth-order valence-corrected chi connectivity index (χ4v) is 5.43. The van der Waals surface area contributed by atoms with Crippen LogP contribution < -0.4 is 5.32 Å². The third-order valence-electron chi connectivity index (χ3n) is 6.21. The average molecular weight is 465 g/mol.